The van der Waals surface area contributed by atoms with Crippen LogP contribution in [0.1, 0.15) is 71.8 Å². The van der Waals surface area contributed by atoms with Gasteiger partial charge in [-0.15, -0.1) is 0 Å². The quantitative estimate of drug-likeness (QED) is 0.242. The van der Waals surface area contributed by atoms with Gasteiger partial charge < -0.3 is 49.7 Å². The summed E-state index contributed by atoms with van der Waals surface area (Å²) in [5.74, 6) is -0.156. The Morgan fingerprint density at radius 2 is 1.66 bits per heavy atom. The van der Waals surface area contributed by atoms with Gasteiger partial charge in [-0.25, -0.2) is 4.79 Å². The first-order valence-corrected chi connectivity index (χ1v) is 17.4. The Morgan fingerprint density at radius 1 is 0.915 bits per heavy atom. The fraction of sp³-hybridized carbons (Fsp3) is 0.694. The molecule has 3 heterocycles. The van der Waals surface area contributed by atoms with E-state index in [0.717, 1.165) is 18.4 Å². The van der Waals surface area contributed by atoms with Crippen LogP contribution in [0.2, 0.25) is 0 Å². The van der Waals surface area contributed by atoms with Crippen LogP contribution in [-0.2, 0) is 35.0 Å². The Bertz CT molecular complexity index is 1180. The van der Waals surface area contributed by atoms with E-state index in [0.29, 0.717) is 25.7 Å². The van der Waals surface area contributed by atoms with Gasteiger partial charge in [-0.3, -0.25) is 0 Å². The van der Waals surface area contributed by atoms with E-state index in [9.17, 15) is 15.0 Å². The summed E-state index contributed by atoms with van der Waals surface area (Å²) in [7, 11) is 0. The van der Waals surface area contributed by atoms with Crippen LogP contribution in [0.3, 0.4) is 0 Å². The second-order valence-corrected chi connectivity index (χ2v) is 13.3. The molecule has 1 aliphatic carbocycles. The fourth-order valence-electron chi connectivity index (χ4n) is 7.18. The summed E-state index contributed by atoms with van der Waals surface area (Å²) in [5, 5.41) is 25.8. The van der Waals surface area contributed by atoms with Crippen LogP contribution in [0.5, 0.6) is 0 Å². The summed E-state index contributed by atoms with van der Waals surface area (Å²) < 4.78 is 37.0. The third-order valence-corrected chi connectivity index (χ3v) is 9.96. The highest BCUT2D eigenvalue weighted by Crippen LogP contribution is 2.40. The Labute approximate surface area is 278 Å². The number of amides is 1. The number of carbonyl (C=O) groups excluding carboxylic acids is 1. The number of carbonyl (C=O) groups is 1. The van der Waals surface area contributed by atoms with Gasteiger partial charge in [0.25, 0.3) is 0 Å². The Balaban J connectivity index is 1.27. The van der Waals surface area contributed by atoms with Crippen LogP contribution in [0.15, 0.2) is 54.6 Å². The number of alkyl carbamates (subject to hydrolysis) is 1. The molecule has 1 aromatic carbocycles. The number of hydrogen-bond donors (Lipinski definition) is 4. The molecule has 4 aliphatic rings. The molecule has 47 heavy (non-hydrogen) atoms. The van der Waals surface area contributed by atoms with Gasteiger partial charge in [0.2, 0.25) is 0 Å². The van der Waals surface area contributed by atoms with Gasteiger partial charge in [-0.05, 0) is 49.5 Å². The number of hydrogen-bond acceptors (Lipinski definition) is 10. The van der Waals surface area contributed by atoms with Gasteiger partial charge in [0.1, 0.15) is 18.8 Å². The first kappa shape index (κ1) is 35.9. The van der Waals surface area contributed by atoms with Crippen molar-refractivity contribution in [2.24, 2.45) is 17.6 Å². The zero-order valence-electron chi connectivity index (χ0n) is 28.1. The molecule has 14 atom stereocenters. The SMILES string of the molecule is CCC1C=CCC(OC2C(CC)OC(OC3C(O)C(N)CC(C)C3CC3OC(CC)C=CC3NC(=O)OCc3ccccc3)C2O)O1. The summed E-state index contributed by atoms with van der Waals surface area (Å²) >= 11 is 0. The molecule has 0 aromatic heterocycles. The molecule has 1 aromatic rings. The maximum atomic E-state index is 12.9. The molecule has 11 heteroatoms. The fourth-order valence-corrected chi connectivity index (χ4v) is 7.18. The molecule has 3 aliphatic heterocycles. The second kappa shape index (κ2) is 16.8. The van der Waals surface area contributed by atoms with E-state index in [1.165, 1.54) is 0 Å². The van der Waals surface area contributed by atoms with E-state index >= 15 is 0 Å². The lowest BCUT2D eigenvalue weighted by Gasteiger charge is -2.46. The zero-order valence-corrected chi connectivity index (χ0v) is 28.1. The minimum atomic E-state index is -1.09. The van der Waals surface area contributed by atoms with E-state index < -0.39 is 67.4 Å². The number of aliphatic hydroxyl groups is 2. The van der Waals surface area contributed by atoms with Crippen molar-refractivity contribution in [1.82, 2.24) is 5.32 Å². The van der Waals surface area contributed by atoms with Gasteiger partial charge >= 0.3 is 6.09 Å². The summed E-state index contributed by atoms with van der Waals surface area (Å²) in [6.07, 6.45) is 5.32. The monoisotopic (exact) mass is 658 g/mol. The van der Waals surface area contributed by atoms with Crippen LogP contribution in [-0.4, -0.2) is 89.8 Å². The zero-order chi connectivity index (χ0) is 33.5. The standard InChI is InChI=1S/C36H54N2O9/c1-5-23-14-11-15-30(44-23)46-34-28(7-3)45-35(32(34)40)47-33-25(21(4)18-26(37)31(33)39)19-29-27(17-16-24(6-2)43-29)38-36(41)42-20-22-12-9-8-10-13-22/h8-14,16-17,21,23-35,39-40H,5-7,15,18-20,37H2,1-4H3,(H,38,41). The molecule has 0 bridgehead atoms. The molecule has 5 N–H and O–H groups in total. The Hall–Kier alpha value is -2.35. The summed E-state index contributed by atoms with van der Waals surface area (Å²) in [6, 6.07) is 8.55. The molecule has 262 valence electrons. The minimum absolute atomic E-state index is 0.0327. The summed E-state index contributed by atoms with van der Waals surface area (Å²) in [4.78, 5) is 12.9. The van der Waals surface area contributed by atoms with E-state index in [4.69, 9.17) is 34.2 Å². The molecule has 1 amide bonds. The minimum Gasteiger partial charge on any atom is -0.445 e. The van der Waals surface area contributed by atoms with Crippen molar-refractivity contribution in [2.75, 3.05) is 0 Å². The maximum Gasteiger partial charge on any atom is 0.408 e. The average Bonchev–Trinajstić information content (AvgIpc) is 3.38. The van der Waals surface area contributed by atoms with Gasteiger partial charge in [-0.2, -0.15) is 0 Å². The molecule has 14 unspecified atom stereocenters. The van der Waals surface area contributed by atoms with E-state index in [1.54, 1.807) is 0 Å². The van der Waals surface area contributed by atoms with Crippen molar-refractivity contribution < 1.29 is 43.4 Å². The maximum absolute atomic E-state index is 12.9. The number of ether oxygens (including phenoxy) is 6. The second-order valence-electron chi connectivity index (χ2n) is 13.3. The molecule has 0 radical (unpaired) electrons. The van der Waals surface area contributed by atoms with Crippen molar-refractivity contribution in [2.45, 2.75) is 146 Å². The smallest absolute Gasteiger partial charge is 0.408 e. The third-order valence-electron chi connectivity index (χ3n) is 9.96. The summed E-state index contributed by atoms with van der Waals surface area (Å²) in [6.45, 7) is 8.31. The number of rotatable bonds is 12. The molecule has 5 rings (SSSR count). The molecule has 1 saturated heterocycles. The van der Waals surface area contributed by atoms with Crippen LogP contribution < -0.4 is 11.1 Å². The first-order valence-electron chi connectivity index (χ1n) is 17.4. The third kappa shape index (κ3) is 9.01. The molecular formula is C36H54N2O9. The van der Waals surface area contributed by atoms with Crippen LogP contribution in [0, 0.1) is 11.8 Å². The van der Waals surface area contributed by atoms with Gasteiger partial charge in [-0.1, -0.05) is 82.3 Å². The Kier molecular flexibility index (Phi) is 12.9. The van der Waals surface area contributed by atoms with Crippen molar-refractivity contribution in [3.05, 3.63) is 60.2 Å². The molecule has 1 saturated carbocycles. The van der Waals surface area contributed by atoms with Crippen molar-refractivity contribution in [1.29, 1.82) is 0 Å². The molecular weight excluding hydrogens is 604 g/mol. The lowest BCUT2D eigenvalue weighted by atomic mass is 9.71. The Morgan fingerprint density at radius 3 is 2.38 bits per heavy atom. The predicted molar refractivity (Wildman–Crippen MR) is 175 cm³/mol. The molecule has 0 spiro atoms. The van der Waals surface area contributed by atoms with E-state index in [-0.39, 0.29) is 30.7 Å². The predicted octanol–water partition coefficient (Wildman–Crippen LogP) is 4.10. The van der Waals surface area contributed by atoms with Crippen LogP contribution in [0.25, 0.3) is 0 Å². The lowest BCUT2D eigenvalue weighted by Crippen LogP contribution is -2.58. The summed E-state index contributed by atoms with van der Waals surface area (Å²) in [5.41, 5.74) is 7.31. The highest BCUT2D eigenvalue weighted by Gasteiger charge is 2.51. The number of benzene rings is 1. The van der Waals surface area contributed by atoms with Crippen LogP contribution in [0.4, 0.5) is 4.79 Å². The average molecular weight is 659 g/mol. The molecule has 2 fully saturated rings. The highest BCUT2D eigenvalue weighted by molar-refractivity contribution is 5.68. The lowest BCUT2D eigenvalue weighted by molar-refractivity contribution is -0.239. The van der Waals surface area contributed by atoms with Crippen molar-refractivity contribution in [3.8, 4) is 0 Å². The molecule has 11 nitrogen and oxygen atoms in total. The number of aliphatic hydroxyl groups excluding tert-OH is 2. The van der Waals surface area contributed by atoms with Gasteiger partial charge in [0.15, 0.2) is 12.6 Å². The normalized spacial score (nSPS) is 40.3. The van der Waals surface area contributed by atoms with E-state index in [2.05, 4.69) is 12.2 Å². The largest absolute Gasteiger partial charge is 0.445 e. The first-order chi connectivity index (χ1) is 22.7. The highest BCUT2D eigenvalue weighted by atomic mass is 16.7. The number of nitrogens with two attached hydrogens (primary N) is 1. The number of nitrogens with one attached hydrogen (secondary N) is 1. The van der Waals surface area contributed by atoms with Gasteiger partial charge in [0.05, 0.1) is 42.7 Å². The topological polar surface area (TPSA) is 151 Å². The van der Waals surface area contributed by atoms with Crippen molar-refractivity contribution >= 4 is 6.09 Å². The van der Waals surface area contributed by atoms with Crippen LogP contribution >= 0.6 is 0 Å². The van der Waals surface area contributed by atoms with Gasteiger partial charge in [0, 0.05) is 12.5 Å². The van der Waals surface area contributed by atoms with E-state index in [1.807, 2.05) is 75.4 Å². The van der Waals surface area contributed by atoms with Crippen molar-refractivity contribution in [3.63, 3.8) is 0 Å².